The molecular weight excluding hydrogens is 310 g/mol. The van der Waals surface area contributed by atoms with E-state index in [1.54, 1.807) is 5.57 Å². The summed E-state index contributed by atoms with van der Waals surface area (Å²) in [6.07, 6.45) is 9.76. The van der Waals surface area contributed by atoms with Crippen molar-refractivity contribution >= 4 is 11.6 Å². The van der Waals surface area contributed by atoms with Crippen LogP contribution in [0, 0.1) is 13.8 Å². The Bertz CT molecular complexity index is 916. The topological polar surface area (TPSA) is 25.6 Å². The predicted molar refractivity (Wildman–Crippen MR) is 99.6 cm³/mol. The monoisotopic (exact) mass is 333 g/mol. The van der Waals surface area contributed by atoms with E-state index in [2.05, 4.69) is 36.1 Å². The van der Waals surface area contributed by atoms with Crippen molar-refractivity contribution < 1.29 is 9.15 Å². The Hall–Kier alpha value is -2.42. The van der Waals surface area contributed by atoms with Crippen molar-refractivity contribution in [2.45, 2.75) is 52.4 Å². The molecule has 0 bridgehead atoms. The third-order valence-electron chi connectivity index (χ3n) is 5.50. The molecule has 0 saturated heterocycles. The minimum Gasteiger partial charge on any atom is -0.449 e. The maximum Gasteiger partial charge on any atom is 0.248 e. The van der Waals surface area contributed by atoms with Gasteiger partial charge in [0.1, 0.15) is 5.76 Å². The molecule has 25 heavy (non-hydrogen) atoms. The van der Waals surface area contributed by atoms with Crippen LogP contribution in [-0.2, 0) is 0 Å². The van der Waals surface area contributed by atoms with E-state index in [4.69, 9.17) is 9.15 Å². The van der Waals surface area contributed by atoms with Gasteiger partial charge in [-0.3, -0.25) is 4.90 Å². The van der Waals surface area contributed by atoms with Crippen LogP contribution in [0.1, 0.15) is 49.8 Å². The highest BCUT2D eigenvalue weighted by atomic mass is 16.5. The van der Waals surface area contributed by atoms with Gasteiger partial charge in [-0.1, -0.05) is 17.7 Å². The molecule has 128 valence electrons. The van der Waals surface area contributed by atoms with Gasteiger partial charge in [-0.25, -0.2) is 0 Å². The molecule has 2 heterocycles. The molecule has 2 aromatic rings. The molecule has 0 saturated carbocycles. The molecule has 1 aromatic carbocycles. The average molecular weight is 333 g/mol. The summed E-state index contributed by atoms with van der Waals surface area (Å²) in [6, 6.07) is 8.42. The molecule has 0 unspecified atom stereocenters. The number of rotatable bonds is 1. The van der Waals surface area contributed by atoms with Gasteiger partial charge < -0.3 is 9.15 Å². The number of aryl methyl sites for hydroxylation is 2. The summed E-state index contributed by atoms with van der Waals surface area (Å²) < 4.78 is 12.2. The molecule has 3 aliphatic rings. The summed E-state index contributed by atoms with van der Waals surface area (Å²) in [5.41, 5.74) is 6.78. The number of benzene rings is 1. The van der Waals surface area contributed by atoms with Crippen LogP contribution in [-0.4, -0.2) is 0 Å². The van der Waals surface area contributed by atoms with Crippen LogP contribution >= 0.6 is 0 Å². The first kappa shape index (κ1) is 14.9. The van der Waals surface area contributed by atoms with Crippen LogP contribution in [0.3, 0.4) is 0 Å². The fourth-order valence-corrected chi connectivity index (χ4v) is 4.35. The molecule has 0 atom stereocenters. The van der Waals surface area contributed by atoms with Crippen LogP contribution in [0.5, 0.6) is 11.5 Å². The van der Waals surface area contributed by atoms with Crippen LogP contribution < -0.4 is 9.64 Å². The van der Waals surface area contributed by atoms with Crippen molar-refractivity contribution in [1.29, 1.82) is 0 Å². The lowest BCUT2D eigenvalue weighted by atomic mass is 9.83. The second kappa shape index (κ2) is 5.55. The maximum absolute atomic E-state index is 6.16. The van der Waals surface area contributed by atoms with Gasteiger partial charge in [0.15, 0.2) is 11.5 Å². The summed E-state index contributed by atoms with van der Waals surface area (Å²) in [6.45, 7) is 4.09. The Balaban J connectivity index is 1.70. The average Bonchev–Trinajstić information content (AvgIpc) is 2.98. The fourth-order valence-electron chi connectivity index (χ4n) is 4.35. The van der Waals surface area contributed by atoms with Gasteiger partial charge in [-0.2, -0.15) is 0 Å². The number of furan rings is 1. The molecule has 2 aliphatic carbocycles. The van der Waals surface area contributed by atoms with Crippen molar-refractivity contribution in [3.63, 3.8) is 0 Å². The van der Waals surface area contributed by atoms with E-state index in [0.717, 1.165) is 35.3 Å². The number of hydrogen-bond donors (Lipinski definition) is 0. The summed E-state index contributed by atoms with van der Waals surface area (Å²) in [5.74, 6) is 3.44. The van der Waals surface area contributed by atoms with E-state index >= 15 is 0 Å². The second-order valence-electron chi connectivity index (χ2n) is 7.35. The summed E-state index contributed by atoms with van der Waals surface area (Å²) in [5, 5.41) is 0. The van der Waals surface area contributed by atoms with Gasteiger partial charge in [0.25, 0.3) is 0 Å². The zero-order valence-corrected chi connectivity index (χ0v) is 14.9. The minimum atomic E-state index is 0.819. The minimum absolute atomic E-state index is 0.819. The van der Waals surface area contributed by atoms with E-state index in [1.807, 2.05) is 13.0 Å². The number of ether oxygens (including phenoxy) is 1. The highest BCUT2D eigenvalue weighted by Gasteiger charge is 2.34. The summed E-state index contributed by atoms with van der Waals surface area (Å²) in [4.78, 5) is 2.29. The lowest BCUT2D eigenvalue weighted by Gasteiger charge is -2.36. The van der Waals surface area contributed by atoms with E-state index in [-0.39, 0.29) is 0 Å². The first-order chi connectivity index (χ1) is 12.2. The highest BCUT2D eigenvalue weighted by Crippen LogP contribution is 2.52. The zero-order valence-electron chi connectivity index (χ0n) is 14.9. The molecule has 0 fully saturated rings. The zero-order chi connectivity index (χ0) is 17.0. The van der Waals surface area contributed by atoms with Crippen molar-refractivity contribution in [3.05, 3.63) is 58.5 Å². The molecule has 0 amide bonds. The van der Waals surface area contributed by atoms with Crippen LogP contribution in [0.4, 0.5) is 11.6 Å². The second-order valence-corrected chi connectivity index (χ2v) is 7.35. The predicted octanol–water partition coefficient (Wildman–Crippen LogP) is 6.69. The highest BCUT2D eigenvalue weighted by molar-refractivity contribution is 5.80. The van der Waals surface area contributed by atoms with Gasteiger partial charge in [0.2, 0.25) is 5.88 Å². The van der Waals surface area contributed by atoms with Crippen molar-refractivity contribution in [2.75, 3.05) is 4.90 Å². The quantitative estimate of drug-likeness (QED) is 0.581. The Kier molecular flexibility index (Phi) is 3.30. The van der Waals surface area contributed by atoms with E-state index < -0.39 is 0 Å². The molecule has 0 N–H and O–H groups in total. The van der Waals surface area contributed by atoms with Gasteiger partial charge in [-0.05, 0) is 75.6 Å². The number of nitrogens with zero attached hydrogens (tertiary/aromatic N) is 1. The largest absolute Gasteiger partial charge is 0.449 e. The first-order valence-corrected chi connectivity index (χ1v) is 9.31. The van der Waals surface area contributed by atoms with Crippen molar-refractivity contribution in [2.24, 2.45) is 0 Å². The Morgan fingerprint density at radius 1 is 0.960 bits per heavy atom. The van der Waals surface area contributed by atoms with Gasteiger partial charge in [0.05, 0.1) is 5.69 Å². The third-order valence-corrected chi connectivity index (χ3v) is 5.50. The van der Waals surface area contributed by atoms with Gasteiger partial charge in [-0.15, -0.1) is 0 Å². The molecule has 3 nitrogen and oxygen atoms in total. The third kappa shape index (κ3) is 2.33. The number of fused-ring (bicyclic) bond motifs is 2. The lowest BCUT2D eigenvalue weighted by molar-refractivity contribution is 0.451. The van der Waals surface area contributed by atoms with Crippen LogP contribution in [0.15, 0.2) is 51.6 Å². The SMILES string of the molecule is Cc1ccc2c(c1)Oc1cc(C)oc1N2C1=CCCC2=C1CCCC2. The molecule has 1 aliphatic heterocycles. The van der Waals surface area contributed by atoms with E-state index in [9.17, 15) is 0 Å². The Morgan fingerprint density at radius 3 is 2.76 bits per heavy atom. The fraction of sp³-hybridized carbons (Fsp3) is 0.364. The molecule has 1 aromatic heterocycles. The first-order valence-electron chi connectivity index (χ1n) is 9.31. The number of anilines is 2. The summed E-state index contributed by atoms with van der Waals surface area (Å²) >= 11 is 0. The van der Waals surface area contributed by atoms with E-state index in [0.29, 0.717) is 0 Å². The lowest BCUT2D eigenvalue weighted by Crippen LogP contribution is -2.24. The smallest absolute Gasteiger partial charge is 0.248 e. The molecular formula is C22H23NO2. The Labute approximate surface area is 148 Å². The molecule has 0 spiro atoms. The standard InChI is InChI=1S/C22H23NO2/c1-14-10-11-19-20(12-14)25-21-13-15(2)24-22(21)23(19)18-9-5-7-16-6-3-4-8-17(16)18/h9-13H,3-8H2,1-2H3. The van der Waals surface area contributed by atoms with Gasteiger partial charge in [0, 0.05) is 11.8 Å². The maximum atomic E-state index is 6.16. The van der Waals surface area contributed by atoms with Gasteiger partial charge >= 0.3 is 0 Å². The summed E-state index contributed by atoms with van der Waals surface area (Å²) in [7, 11) is 0. The van der Waals surface area contributed by atoms with Crippen LogP contribution in [0.25, 0.3) is 0 Å². The van der Waals surface area contributed by atoms with Crippen molar-refractivity contribution in [3.8, 4) is 11.5 Å². The normalized spacial score (nSPS) is 19.0. The van der Waals surface area contributed by atoms with E-state index in [1.165, 1.54) is 48.9 Å². The van der Waals surface area contributed by atoms with Crippen molar-refractivity contribution in [1.82, 2.24) is 0 Å². The molecule has 3 heteroatoms. The Morgan fingerprint density at radius 2 is 1.84 bits per heavy atom. The number of allylic oxidation sites excluding steroid dienone is 3. The molecule has 0 radical (unpaired) electrons. The van der Waals surface area contributed by atoms with Crippen LogP contribution in [0.2, 0.25) is 0 Å². The number of hydrogen-bond acceptors (Lipinski definition) is 3. The molecule has 5 rings (SSSR count).